The molecule has 0 aromatic carbocycles. The minimum absolute atomic E-state index is 0.145. The van der Waals surface area contributed by atoms with Gasteiger partial charge in [0.25, 0.3) is 0 Å². The first-order valence-electron chi connectivity index (χ1n) is 7.62. The van der Waals surface area contributed by atoms with Gasteiger partial charge in [-0.1, -0.05) is 11.6 Å². The van der Waals surface area contributed by atoms with Crippen molar-refractivity contribution in [2.75, 3.05) is 6.54 Å². The van der Waals surface area contributed by atoms with Crippen LogP contribution < -0.4 is 10.6 Å². The van der Waals surface area contributed by atoms with Gasteiger partial charge in [0.2, 0.25) is 0 Å². The second-order valence-corrected chi connectivity index (χ2v) is 6.00. The molecule has 1 heterocycles. The lowest BCUT2D eigenvalue weighted by molar-refractivity contribution is 0.101. The molecule has 3 unspecified atom stereocenters. The molecule has 0 aliphatic heterocycles. The molecule has 1 fully saturated rings. The molecule has 3 atom stereocenters. The molecule has 1 saturated carbocycles. The lowest BCUT2D eigenvalue weighted by Gasteiger charge is -2.26. The SMILES string of the molecule is Cc1noc(C)c1C(C)NC(=O)NCC1CCCC(O)C1. The Morgan fingerprint density at radius 2 is 2.24 bits per heavy atom. The zero-order valence-corrected chi connectivity index (χ0v) is 13.0. The van der Waals surface area contributed by atoms with Crippen LogP contribution in [0.2, 0.25) is 0 Å². The maximum Gasteiger partial charge on any atom is 0.315 e. The van der Waals surface area contributed by atoms with E-state index in [1.165, 1.54) is 0 Å². The molecular formula is C15H25N3O3. The minimum Gasteiger partial charge on any atom is -0.393 e. The van der Waals surface area contributed by atoms with Gasteiger partial charge < -0.3 is 20.3 Å². The van der Waals surface area contributed by atoms with Crippen molar-refractivity contribution in [2.45, 2.75) is 58.6 Å². The normalized spacial score (nSPS) is 23.6. The number of urea groups is 1. The molecule has 6 nitrogen and oxygen atoms in total. The van der Waals surface area contributed by atoms with E-state index in [0.29, 0.717) is 12.5 Å². The Balaban J connectivity index is 1.79. The molecule has 2 amide bonds. The molecule has 118 valence electrons. The van der Waals surface area contributed by atoms with Crippen LogP contribution >= 0.6 is 0 Å². The zero-order valence-electron chi connectivity index (χ0n) is 13.0. The van der Waals surface area contributed by atoms with Gasteiger partial charge in [0.05, 0.1) is 17.8 Å². The molecule has 1 aliphatic rings. The van der Waals surface area contributed by atoms with Crippen LogP contribution in [0.1, 0.15) is 55.7 Å². The molecule has 1 aliphatic carbocycles. The maximum atomic E-state index is 12.0. The Hall–Kier alpha value is -1.56. The van der Waals surface area contributed by atoms with Gasteiger partial charge in [-0.15, -0.1) is 0 Å². The van der Waals surface area contributed by atoms with Gasteiger partial charge in [-0.25, -0.2) is 4.79 Å². The Kier molecular flexibility index (Phi) is 5.22. The number of aryl methyl sites for hydroxylation is 2. The predicted octanol–water partition coefficient (Wildman–Crippen LogP) is 2.20. The van der Waals surface area contributed by atoms with Crippen LogP contribution in [0.25, 0.3) is 0 Å². The standard InChI is InChI=1S/C15H25N3O3/c1-9(14-10(2)18-21-11(14)3)17-15(20)16-8-12-5-4-6-13(19)7-12/h9,12-13,19H,4-8H2,1-3H3,(H2,16,17,20). The molecule has 1 aromatic heterocycles. The van der Waals surface area contributed by atoms with Crippen molar-refractivity contribution in [3.05, 3.63) is 17.0 Å². The van der Waals surface area contributed by atoms with E-state index in [9.17, 15) is 9.90 Å². The number of amides is 2. The Bertz CT molecular complexity index is 467. The first kappa shape index (κ1) is 15.8. The predicted molar refractivity (Wildman–Crippen MR) is 78.9 cm³/mol. The van der Waals surface area contributed by atoms with Crippen molar-refractivity contribution in [3.63, 3.8) is 0 Å². The number of aliphatic hydroxyl groups excluding tert-OH is 1. The highest BCUT2D eigenvalue weighted by molar-refractivity contribution is 5.74. The molecule has 0 bridgehead atoms. The average molecular weight is 295 g/mol. The number of nitrogens with zero attached hydrogens (tertiary/aromatic N) is 1. The second kappa shape index (κ2) is 6.93. The smallest absolute Gasteiger partial charge is 0.315 e. The molecule has 6 heteroatoms. The molecule has 2 rings (SSSR count). The fraction of sp³-hybridized carbons (Fsp3) is 0.733. The summed E-state index contributed by atoms with van der Waals surface area (Å²) in [5, 5.41) is 19.3. The minimum atomic E-state index is -0.213. The summed E-state index contributed by atoms with van der Waals surface area (Å²) in [5.41, 5.74) is 1.73. The van der Waals surface area contributed by atoms with Crippen LogP contribution in [0.5, 0.6) is 0 Å². The van der Waals surface area contributed by atoms with Gasteiger partial charge in [0.1, 0.15) is 5.76 Å². The van der Waals surface area contributed by atoms with Crippen molar-refractivity contribution in [1.82, 2.24) is 15.8 Å². The summed E-state index contributed by atoms with van der Waals surface area (Å²) in [7, 11) is 0. The third-order valence-electron chi connectivity index (χ3n) is 4.18. The number of aromatic nitrogens is 1. The maximum absolute atomic E-state index is 12.0. The van der Waals surface area contributed by atoms with Crippen LogP contribution in [0.15, 0.2) is 4.52 Å². The number of carbonyl (C=O) groups excluding carboxylic acids is 1. The van der Waals surface area contributed by atoms with Gasteiger partial charge in [-0.3, -0.25) is 0 Å². The summed E-state index contributed by atoms with van der Waals surface area (Å²) >= 11 is 0. The molecule has 1 aromatic rings. The number of hydrogen-bond donors (Lipinski definition) is 3. The summed E-state index contributed by atoms with van der Waals surface area (Å²) in [5.74, 6) is 1.10. The van der Waals surface area contributed by atoms with Crippen LogP contribution in [0.4, 0.5) is 4.79 Å². The van der Waals surface area contributed by atoms with Gasteiger partial charge >= 0.3 is 6.03 Å². The zero-order chi connectivity index (χ0) is 15.4. The van der Waals surface area contributed by atoms with Gasteiger partial charge in [-0.05, 0) is 46.0 Å². The molecule has 0 spiro atoms. The number of nitrogens with one attached hydrogen (secondary N) is 2. The van der Waals surface area contributed by atoms with Crippen molar-refractivity contribution in [1.29, 1.82) is 0 Å². The third-order valence-corrected chi connectivity index (χ3v) is 4.18. The Morgan fingerprint density at radius 1 is 1.48 bits per heavy atom. The lowest BCUT2D eigenvalue weighted by Crippen LogP contribution is -2.40. The number of rotatable bonds is 4. The average Bonchev–Trinajstić information content (AvgIpc) is 2.76. The highest BCUT2D eigenvalue weighted by atomic mass is 16.5. The molecule has 21 heavy (non-hydrogen) atoms. The second-order valence-electron chi connectivity index (χ2n) is 6.00. The quantitative estimate of drug-likeness (QED) is 0.794. The monoisotopic (exact) mass is 295 g/mol. The Morgan fingerprint density at radius 3 is 2.86 bits per heavy atom. The topological polar surface area (TPSA) is 87.4 Å². The van der Waals surface area contributed by atoms with E-state index < -0.39 is 0 Å². The van der Waals surface area contributed by atoms with E-state index in [2.05, 4.69) is 15.8 Å². The first-order valence-corrected chi connectivity index (χ1v) is 7.62. The lowest BCUT2D eigenvalue weighted by atomic mass is 9.87. The van der Waals surface area contributed by atoms with E-state index in [4.69, 9.17) is 4.52 Å². The van der Waals surface area contributed by atoms with Gasteiger partial charge in [-0.2, -0.15) is 0 Å². The molecule has 0 radical (unpaired) electrons. The molecule has 0 saturated heterocycles. The van der Waals surface area contributed by atoms with E-state index in [1.807, 2.05) is 20.8 Å². The van der Waals surface area contributed by atoms with E-state index in [0.717, 1.165) is 42.7 Å². The fourth-order valence-corrected chi connectivity index (χ4v) is 3.11. The van der Waals surface area contributed by atoms with Crippen molar-refractivity contribution in [3.8, 4) is 0 Å². The van der Waals surface area contributed by atoms with Crippen molar-refractivity contribution >= 4 is 6.03 Å². The largest absolute Gasteiger partial charge is 0.393 e. The molecular weight excluding hydrogens is 270 g/mol. The van der Waals surface area contributed by atoms with Crippen LogP contribution in [-0.4, -0.2) is 28.9 Å². The van der Waals surface area contributed by atoms with E-state index in [1.54, 1.807) is 0 Å². The summed E-state index contributed by atoms with van der Waals surface area (Å²) in [6, 6.07) is -0.337. The summed E-state index contributed by atoms with van der Waals surface area (Å²) < 4.78 is 5.12. The van der Waals surface area contributed by atoms with E-state index >= 15 is 0 Å². The van der Waals surface area contributed by atoms with Gasteiger partial charge in [0, 0.05) is 12.1 Å². The van der Waals surface area contributed by atoms with Crippen molar-refractivity contribution in [2.24, 2.45) is 5.92 Å². The third kappa shape index (κ3) is 4.20. The van der Waals surface area contributed by atoms with E-state index in [-0.39, 0.29) is 18.2 Å². The van der Waals surface area contributed by atoms with Crippen LogP contribution in [-0.2, 0) is 0 Å². The number of hydrogen-bond acceptors (Lipinski definition) is 4. The van der Waals surface area contributed by atoms with Crippen LogP contribution in [0, 0.1) is 19.8 Å². The molecule has 3 N–H and O–H groups in total. The van der Waals surface area contributed by atoms with Crippen LogP contribution in [0.3, 0.4) is 0 Å². The first-order chi connectivity index (χ1) is 9.97. The number of carbonyl (C=O) groups is 1. The van der Waals surface area contributed by atoms with Crippen molar-refractivity contribution < 1.29 is 14.4 Å². The fourth-order valence-electron chi connectivity index (χ4n) is 3.11. The summed E-state index contributed by atoms with van der Waals surface area (Å²) in [4.78, 5) is 12.0. The Labute approximate surface area is 125 Å². The number of aliphatic hydroxyl groups is 1. The highest BCUT2D eigenvalue weighted by Crippen LogP contribution is 2.23. The summed E-state index contributed by atoms with van der Waals surface area (Å²) in [6.07, 6.45) is 3.54. The van der Waals surface area contributed by atoms with Gasteiger partial charge in [0.15, 0.2) is 0 Å². The summed E-state index contributed by atoms with van der Waals surface area (Å²) in [6.45, 7) is 6.23. The highest BCUT2D eigenvalue weighted by Gasteiger charge is 2.22.